The monoisotopic (exact) mass is 292 g/mol. The molecule has 1 amide bonds. The van der Waals surface area contributed by atoms with Crippen LogP contribution in [0.1, 0.15) is 19.4 Å². The molecule has 116 valence electrons. The Kier molecular flexibility index (Phi) is 7.46. The third-order valence-corrected chi connectivity index (χ3v) is 3.17. The molecule has 0 radical (unpaired) electrons. The van der Waals surface area contributed by atoms with E-state index in [1.807, 2.05) is 42.2 Å². The van der Waals surface area contributed by atoms with Crippen molar-refractivity contribution in [2.24, 2.45) is 0 Å². The average molecular weight is 292 g/mol. The van der Waals surface area contributed by atoms with Crippen molar-refractivity contribution in [2.45, 2.75) is 20.4 Å². The number of esters is 1. The number of carbonyl (C=O) groups is 2. The number of rotatable bonds is 8. The number of amides is 1. The van der Waals surface area contributed by atoms with E-state index in [0.29, 0.717) is 19.7 Å². The van der Waals surface area contributed by atoms with Crippen molar-refractivity contribution in [2.75, 3.05) is 33.3 Å². The maximum atomic E-state index is 12.0. The van der Waals surface area contributed by atoms with Crippen LogP contribution in [0.2, 0.25) is 0 Å². The molecule has 21 heavy (non-hydrogen) atoms. The van der Waals surface area contributed by atoms with Gasteiger partial charge in [-0.1, -0.05) is 30.3 Å². The lowest BCUT2D eigenvalue weighted by molar-refractivity contribution is -0.145. The van der Waals surface area contributed by atoms with Crippen molar-refractivity contribution >= 4 is 11.9 Å². The number of hydrogen-bond donors (Lipinski definition) is 0. The van der Waals surface area contributed by atoms with Crippen LogP contribution in [0.4, 0.5) is 0 Å². The van der Waals surface area contributed by atoms with Crippen LogP contribution in [-0.4, -0.2) is 55.0 Å². The smallest absolute Gasteiger partial charge is 0.320 e. The average Bonchev–Trinajstić information content (AvgIpc) is 2.47. The van der Waals surface area contributed by atoms with E-state index < -0.39 is 0 Å². The normalized spacial score (nSPS) is 10.5. The standard InChI is InChI=1S/C16H24N2O3/c1-4-17(3)15(19)12-18(13-16(20)21-5-2)11-14-9-7-6-8-10-14/h6-10H,4-5,11-13H2,1-3H3. The molecule has 0 saturated carbocycles. The first-order valence-electron chi connectivity index (χ1n) is 7.22. The minimum Gasteiger partial charge on any atom is -0.465 e. The molecule has 0 unspecified atom stereocenters. The van der Waals surface area contributed by atoms with E-state index >= 15 is 0 Å². The highest BCUT2D eigenvalue weighted by Gasteiger charge is 2.17. The van der Waals surface area contributed by atoms with Crippen LogP contribution in [0.15, 0.2) is 30.3 Å². The van der Waals surface area contributed by atoms with Gasteiger partial charge in [-0.25, -0.2) is 0 Å². The maximum absolute atomic E-state index is 12.0. The van der Waals surface area contributed by atoms with Gasteiger partial charge >= 0.3 is 5.97 Å². The quantitative estimate of drug-likeness (QED) is 0.682. The number of likely N-dealkylation sites (N-methyl/N-ethyl adjacent to an activating group) is 1. The number of ether oxygens (including phenoxy) is 1. The van der Waals surface area contributed by atoms with Crippen molar-refractivity contribution in [1.29, 1.82) is 0 Å². The Hall–Kier alpha value is -1.88. The van der Waals surface area contributed by atoms with Crippen molar-refractivity contribution in [3.8, 4) is 0 Å². The SMILES string of the molecule is CCOC(=O)CN(CC(=O)N(C)CC)Cc1ccccc1. The zero-order valence-electron chi connectivity index (χ0n) is 13.0. The summed E-state index contributed by atoms with van der Waals surface area (Å²) < 4.78 is 4.97. The fraction of sp³-hybridized carbons (Fsp3) is 0.500. The predicted octanol–water partition coefficient (Wildman–Crippen LogP) is 1.53. The van der Waals surface area contributed by atoms with Crippen LogP contribution in [0.25, 0.3) is 0 Å². The van der Waals surface area contributed by atoms with E-state index in [2.05, 4.69) is 0 Å². The molecule has 0 spiro atoms. The first-order valence-corrected chi connectivity index (χ1v) is 7.22. The Balaban J connectivity index is 2.69. The van der Waals surface area contributed by atoms with Gasteiger partial charge in [0.05, 0.1) is 19.7 Å². The van der Waals surface area contributed by atoms with E-state index in [1.165, 1.54) is 0 Å². The molecule has 1 aromatic carbocycles. The Morgan fingerprint density at radius 2 is 1.76 bits per heavy atom. The molecule has 0 saturated heterocycles. The number of nitrogens with zero attached hydrogens (tertiary/aromatic N) is 2. The second kappa shape index (κ2) is 9.13. The summed E-state index contributed by atoms with van der Waals surface area (Å²) >= 11 is 0. The minimum absolute atomic E-state index is 0.00210. The van der Waals surface area contributed by atoms with Gasteiger partial charge in [0.15, 0.2) is 0 Å². The zero-order valence-corrected chi connectivity index (χ0v) is 13.0. The summed E-state index contributed by atoms with van der Waals surface area (Å²) in [6.07, 6.45) is 0. The highest BCUT2D eigenvalue weighted by molar-refractivity contribution is 5.79. The Morgan fingerprint density at radius 3 is 2.33 bits per heavy atom. The maximum Gasteiger partial charge on any atom is 0.320 e. The van der Waals surface area contributed by atoms with Crippen LogP contribution >= 0.6 is 0 Å². The number of carbonyl (C=O) groups excluding carboxylic acids is 2. The van der Waals surface area contributed by atoms with Crippen LogP contribution in [0, 0.1) is 0 Å². The summed E-state index contributed by atoms with van der Waals surface area (Å²) in [7, 11) is 1.76. The lowest BCUT2D eigenvalue weighted by Gasteiger charge is -2.23. The Bertz CT molecular complexity index is 448. The topological polar surface area (TPSA) is 49.9 Å². The lowest BCUT2D eigenvalue weighted by Crippen LogP contribution is -2.40. The third kappa shape index (κ3) is 6.40. The van der Waals surface area contributed by atoms with E-state index in [0.717, 1.165) is 5.56 Å². The van der Waals surface area contributed by atoms with Gasteiger partial charge < -0.3 is 9.64 Å². The van der Waals surface area contributed by atoms with E-state index in [4.69, 9.17) is 4.74 Å². The van der Waals surface area contributed by atoms with Gasteiger partial charge in [-0.2, -0.15) is 0 Å². The molecule has 5 nitrogen and oxygen atoms in total. The summed E-state index contributed by atoms with van der Waals surface area (Å²) in [5.74, 6) is -0.307. The fourth-order valence-corrected chi connectivity index (χ4v) is 1.89. The predicted molar refractivity (Wildman–Crippen MR) is 81.7 cm³/mol. The summed E-state index contributed by atoms with van der Waals surface area (Å²) in [5, 5.41) is 0. The molecule has 0 N–H and O–H groups in total. The molecule has 0 fully saturated rings. The molecule has 0 heterocycles. The van der Waals surface area contributed by atoms with Crippen LogP contribution in [0.5, 0.6) is 0 Å². The lowest BCUT2D eigenvalue weighted by atomic mass is 10.2. The molecule has 5 heteroatoms. The third-order valence-electron chi connectivity index (χ3n) is 3.17. The van der Waals surface area contributed by atoms with Gasteiger partial charge in [-0.3, -0.25) is 14.5 Å². The van der Waals surface area contributed by atoms with Crippen LogP contribution < -0.4 is 0 Å². The summed E-state index contributed by atoms with van der Waals surface area (Å²) in [4.78, 5) is 27.2. The second-order valence-corrected chi connectivity index (χ2v) is 4.84. The van der Waals surface area contributed by atoms with Crippen LogP contribution in [-0.2, 0) is 20.9 Å². The van der Waals surface area contributed by atoms with E-state index in [9.17, 15) is 9.59 Å². The summed E-state index contributed by atoms with van der Waals surface area (Å²) in [6.45, 7) is 5.56. The highest BCUT2D eigenvalue weighted by Crippen LogP contribution is 2.05. The van der Waals surface area contributed by atoms with Crippen molar-refractivity contribution in [3.63, 3.8) is 0 Å². The highest BCUT2D eigenvalue weighted by atomic mass is 16.5. The van der Waals surface area contributed by atoms with Gasteiger partial charge in [-0.15, -0.1) is 0 Å². The number of hydrogen-bond acceptors (Lipinski definition) is 4. The summed E-state index contributed by atoms with van der Waals surface area (Å²) in [5.41, 5.74) is 1.06. The Labute approximate surface area is 126 Å². The molecule has 1 rings (SSSR count). The molecule has 0 aromatic heterocycles. The molecule has 0 aliphatic rings. The van der Waals surface area contributed by atoms with Gasteiger partial charge in [0.2, 0.25) is 5.91 Å². The first-order chi connectivity index (χ1) is 10.1. The van der Waals surface area contributed by atoms with Gasteiger partial charge in [0.25, 0.3) is 0 Å². The molecule has 0 aliphatic carbocycles. The molecule has 0 aliphatic heterocycles. The molecular formula is C16H24N2O3. The minimum atomic E-state index is -0.305. The van der Waals surface area contributed by atoms with E-state index in [-0.39, 0.29) is 25.0 Å². The van der Waals surface area contributed by atoms with Crippen molar-refractivity contribution in [3.05, 3.63) is 35.9 Å². The van der Waals surface area contributed by atoms with Crippen LogP contribution in [0.3, 0.4) is 0 Å². The largest absolute Gasteiger partial charge is 0.465 e. The molecule has 0 bridgehead atoms. The Morgan fingerprint density at radius 1 is 1.10 bits per heavy atom. The first kappa shape index (κ1) is 17.2. The fourth-order valence-electron chi connectivity index (χ4n) is 1.89. The molecule has 0 atom stereocenters. The molecule has 1 aromatic rings. The van der Waals surface area contributed by atoms with Gasteiger partial charge in [-0.05, 0) is 19.4 Å². The second-order valence-electron chi connectivity index (χ2n) is 4.84. The number of benzene rings is 1. The van der Waals surface area contributed by atoms with E-state index in [1.54, 1.807) is 18.9 Å². The van der Waals surface area contributed by atoms with Gasteiger partial charge in [0.1, 0.15) is 0 Å². The van der Waals surface area contributed by atoms with Crippen molar-refractivity contribution < 1.29 is 14.3 Å². The van der Waals surface area contributed by atoms with Crippen molar-refractivity contribution in [1.82, 2.24) is 9.80 Å². The van der Waals surface area contributed by atoms with Gasteiger partial charge in [0, 0.05) is 20.1 Å². The zero-order chi connectivity index (χ0) is 15.7. The summed E-state index contributed by atoms with van der Waals surface area (Å²) in [6, 6.07) is 9.78. The molecular weight excluding hydrogens is 268 g/mol.